The van der Waals surface area contributed by atoms with Crippen LogP contribution in [-0.2, 0) is 10.5 Å². The van der Waals surface area contributed by atoms with Crippen LogP contribution in [0.4, 0.5) is 11.4 Å². The molecule has 226 valence electrons. The van der Waals surface area contributed by atoms with Gasteiger partial charge in [-0.15, -0.1) is 11.8 Å². The number of benzene rings is 3. The number of ketones is 1. The van der Waals surface area contributed by atoms with Gasteiger partial charge in [-0.3, -0.25) is 19.8 Å². The Morgan fingerprint density at radius 1 is 1.09 bits per heavy atom. The summed E-state index contributed by atoms with van der Waals surface area (Å²) in [5, 5.41) is 24.1. The van der Waals surface area contributed by atoms with E-state index in [1.807, 2.05) is 39.8 Å². The zero-order valence-corrected chi connectivity index (χ0v) is 27.6. The maximum Gasteiger partial charge on any atom is 0.294 e. The van der Waals surface area contributed by atoms with Crippen molar-refractivity contribution in [1.29, 1.82) is 5.26 Å². The third kappa shape index (κ3) is 5.94. The number of thioether (sulfide) groups is 1. The molecular weight excluding hydrogens is 639 g/mol. The van der Waals surface area contributed by atoms with Gasteiger partial charge in [0.1, 0.15) is 11.5 Å². The smallest absolute Gasteiger partial charge is 0.294 e. The highest BCUT2D eigenvalue weighted by atomic mass is 35.5. The Morgan fingerprint density at radius 3 is 2.45 bits per heavy atom. The van der Waals surface area contributed by atoms with E-state index in [-0.39, 0.29) is 40.0 Å². The van der Waals surface area contributed by atoms with Gasteiger partial charge in [0.2, 0.25) is 0 Å². The summed E-state index contributed by atoms with van der Waals surface area (Å²) in [6.07, 6.45) is 0.683. The fourth-order valence-corrected chi connectivity index (χ4v) is 7.80. The summed E-state index contributed by atoms with van der Waals surface area (Å²) in [7, 11) is 0. The molecule has 1 aliphatic carbocycles. The molecule has 3 aromatic carbocycles. The molecule has 3 aromatic rings. The molecule has 1 unspecified atom stereocenters. The largest absolute Gasteiger partial charge is 0.384 e. The van der Waals surface area contributed by atoms with Crippen LogP contribution in [0.2, 0.25) is 15.1 Å². The first-order valence-electron chi connectivity index (χ1n) is 13.8. The number of nitriles is 1. The van der Waals surface area contributed by atoms with Gasteiger partial charge in [0, 0.05) is 44.5 Å². The van der Waals surface area contributed by atoms with Gasteiger partial charge in [0.05, 0.1) is 27.5 Å². The molecule has 1 atom stereocenters. The lowest BCUT2D eigenvalue weighted by molar-refractivity contribution is -0.384. The van der Waals surface area contributed by atoms with E-state index in [1.54, 1.807) is 23.9 Å². The molecule has 11 heteroatoms. The Morgan fingerprint density at radius 2 is 1.77 bits per heavy atom. The first-order valence-corrected chi connectivity index (χ1v) is 15.9. The van der Waals surface area contributed by atoms with Gasteiger partial charge >= 0.3 is 0 Å². The molecule has 44 heavy (non-hydrogen) atoms. The van der Waals surface area contributed by atoms with Crippen LogP contribution in [0.25, 0.3) is 0 Å². The number of carbonyl (C=O) groups excluding carboxylic acids is 1. The third-order valence-electron chi connectivity index (χ3n) is 8.04. The van der Waals surface area contributed by atoms with E-state index in [0.717, 1.165) is 27.1 Å². The predicted molar refractivity (Wildman–Crippen MR) is 177 cm³/mol. The first-order chi connectivity index (χ1) is 20.7. The lowest BCUT2D eigenvalue weighted by Gasteiger charge is -2.43. The SMILES string of the molecule is Cc1cc(CSc2cc(Cl)ccc2Cl)c(C)c(C2C(C#N)=C(N)N(c3ccc(Cl)cc3[N+](=O)[O-])C3=C2C(=O)CC(C)(C)C3)c1. The fraction of sp³-hybridized carbons (Fsp3) is 0.273. The lowest BCUT2D eigenvalue weighted by atomic mass is 9.68. The maximum atomic E-state index is 14.1. The van der Waals surface area contributed by atoms with E-state index >= 15 is 0 Å². The second kappa shape index (κ2) is 12.1. The number of hydrogen-bond donors (Lipinski definition) is 1. The molecule has 0 saturated carbocycles. The quantitative estimate of drug-likeness (QED) is 0.158. The Balaban J connectivity index is 1.71. The summed E-state index contributed by atoms with van der Waals surface area (Å²) in [6.45, 7) is 7.90. The topological polar surface area (TPSA) is 113 Å². The number of nitro groups is 1. The van der Waals surface area contributed by atoms with Crippen LogP contribution >= 0.6 is 46.6 Å². The van der Waals surface area contributed by atoms with Gasteiger partial charge in [-0.1, -0.05) is 66.3 Å². The van der Waals surface area contributed by atoms with Crippen LogP contribution in [0.5, 0.6) is 0 Å². The number of anilines is 1. The zero-order chi connectivity index (χ0) is 32.1. The number of nitrogens with zero attached hydrogens (tertiary/aromatic N) is 3. The summed E-state index contributed by atoms with van der Waals surface area (Å²) in [6, 6.07) is 15.9. The summed E-state index contributed by atoms with van der Waals surface area (Å²) in [4.78, 5) is 28.0. The average Bonchev–Trinajstić information content (AvgIpc) is 2.94. The number of allylic oxidation sites excluding steroid dienone is 3. The highest BCUT2D eigenvalue weighted by Gasteiger charge is 2.46. The summed E-state index contributed by atoms with van der Waals surface area (Å²) in [5.74, 6) is -0.232. The molecule has 0 spiro atoms. The second-order valence-electron chi connectivity index (χ2n) is 11.9. The van der Waals surface area contributed by atoms with Crippen molar-refractivity contribution in [3.8, 4) is 6.07 Å². The van der Waals surface area contributed by atoms with Crippen LogP contribution in [0.3, 0.4) is 0 Å². The minimum atomic E-state index is -0.736. The maximum absolute atomic E-state index is 14.1. The third-order valence-corrected chi connectivity index (χ3v) is 10.1. The van der Waals surface area contributed by atoms with Crippen molar-refractivity contribution in [2.24, 2.45) is 11.1 Å². The minimum absolute atomic E-state index is 0.0507. The monoisotopic (exact) mass is 666 g/mol. The molecule has 2 N–H and O–H groups in total. The molecule has 0 radical (unpaired) electrons. The number of hydrogen-bond acceptors (Lipinski definition) is 7. The number of carbonyl (C=O) groups is 1. The lowest BCUT2D eigenvalue weighted by Crippen LogP contribution is -2.42. The Bertz CT molecular complexity index is 1840. The van der Waals surface area contributed by atoms with Crippen molar-refractivity contribution in [3.63, 3.8) is 0 Å². The van der Waals surface area contributed by atoms with Crippen molar-refractivity contribution >= 4 is 63.7 Å². The highest BCUT2D eigenvalue weighted by Crippen LogP contribution is 2.52. The van der Waals surface area contributed by atoms with Crippen LogP contribution in [0.15, 0.2) is 76.1 Å². The van der Waals surface area contributed by atoms with Crippen LogP contribution in [0, 0.1) is 40.7 Å². The molecule has 0 aromatic heterocycles. The van der Waals surface area contributed by atoms with E-state index < -0.39 is 16.3 Å². The number of Topliss-reactive ketones (excluding diaryl/α,β-unsaturated/α-hetero) is 1. The van der Waals surface area contributed by atoms with Gasteiger partial charge in [-0.2, -0.15) is 5.26 Å². The van der Waals surface area contributed by atoms with Crippen LogP contribution in [0.1, 0.15) is 54.9 Å². The molecule has 1 aliphatic heterocycles. The van der Waals surface area contributed by atoms with Crippen molar-refractivity contribution in [2.75, 3.05) is 4.90 Å². The molecular formula is C33H29Cl3N4O3S. The summed E-state index contributed by atoms with van der Waals surface area (Å²) < 4.78 is 0. The van der Waals surface area contributed by atoms with E-state index in [1.165, 1.54) is 23.1 Å². The molecule has 0 bridgehead atoms. The van der Waals surface area contributed by atoms with Crippen molar-refractivity contribution in [3.05, 3.63) is 119 Å². The van der Waals surface area contributed by atoms with Gasteiger partial charge in [0.15, 0.2) is 5.78 Å². The zero-order valence-electron chi connectivity index (χ0n) is 24.5. The number of nitrogens with two attached hydrogens (primary N) is 1. The van der Waals surface area contributed by atoms with Crippen LogP contribution in [-0.4, -0.2) is 10.7 Å². The molecule has 2 aliphatic rings. The van der Waals surface area contributed by atoms with Crippen molar-refractivity contribution in [1.82, 2.24) is 0 Å². The van der Waals surface area contributed by atoms with E-state index in [9.17, 15) is 20.2 Å². The van der Waals surface area contributed by atoms with Crippen LogP contribution < -0.4 is 10.6 Å². The van der Waals surface area contributed by atoms with Gasteiger partial charge < -0.3 is 5.73 Å². The highest BCUT2D eigenvalue weighted by molar-refractivity contribution is 7.98. The number of aryl methyl sites for hydroxylation is 1. The molecule has 0 amide bonds. The van der Waals surface area contributed by atoms with Crippen molar-refractivity contribution < 1.29 is 9.72 Å². The number of halogens is 3. The standard InChI is InChI=1S/C33H29Cl3N4O3S/c1-17-9-19(16-44-29-12-21(35)5-7-24(29)36)18(2)22(10-17)30-23(15-37)32(38)39(25-8-6-20(34)11-26(25)40(42)43)27-13-33(3,4)14-28(41)31(27)30/h5-12,30H,13-14,16,38H2,1-4H3. The molecule has 5 rings (SSSR count). The summed E-state index contributed by atoms with van der Waals surface area (Å²) in [5.41, 5.74) is 11.1. The fourth-order valence-electron chi connectivity index (χ4n) is 6.08. The Labute approximate surface area is 275 Å². The van der Waals surface area contributed by atoms with Gasteiger partial charge in [-0.05, 0) is 72.7 Å². The Kier molecular flexibility index (Phi) is 8.80. The normalized spacial score (nSPS) is 17.9. The van der Waals surface area contributed by atoms with Gasteiger partial charge in [-0.25, -0.2) is 0 Å². The van der Waals surface area contributed by atoms with E-state index in [4.69, 9.17) is 40.5 Å². The minimum Gasteiger partial charge on any atom is -0.384 e. The predicted octanol–water partition coefficient (Wildman–Crippen LogP) is 9.41. The average molecular weight is 668 g/mol. The molecule has 1 heterocycles. The molecule has 0 fully saturated rings. The first kappa shape index (κ1) is 31.9. The molecule has 7 nitrogen and oxygen atoms in total. The number of rotatable bonds is 6. The number of nitro benzene ring substituents is 1. The van der Waals surface area contributed by atoms with E-state index in [0.29, 0.717) is 33.5 Å². The Hall–Kier alpha value is -3.48. The second-order valence-corrected chi connectivity index (χ2v) is 14.2. The summed E-state index contributed by atoms with van der Waals surface area (Å²) >= 11 is 20.3. The van der Waals surface area contributed by atoms with E-state index in [2.05, 4.69) is 12.1 Å². The van der Waals surface area contributed by atoms with Crippen molar-refractivity contribution in [2.45, 2.75) is 57.1 Å². The molecule has 0 saturated heterocycles. The van der Waals surface area contributed by atoms with Gasteiger partial charge in [0.25, 0.3) is 5.69 Å².